The van der Waals surface area contributed by atoms with E-state index in [1.807, 2.05) is 0 Å². The van der Waals surface area contributed by atoms with Crippen molar-refractivity contribution < 1.29 is 4.74 Å². The van der Waals surface area contributed by atoms with Crippen molar-refractivity contribution in [3.63, 3.8) is 0 Å². The lowest BCUT2D eigenvalue weighted by Crippen LogP contribution is -2.11. The molecule has 1 unspecified atom stereocenters. The molecule has 2 aromatic rings. The first kappa shape index (κ1) is 14.6. The minimum atomic E-state index is 0.292. The lowest BCUT2D eigenvalue weighted by Gasteiger charge is -2.14. The number of aryl methyl sites for hydroxylation is 1. The molecule has 0 amide bonds. The zero-order valence-corrected chi connectivity index (χ0v) is 12.7. The number of unbranched alkanes of at least 4 members (excludes halogenated alkanes) is 1. The maximum absolute atomic E-state index is 5.93. The quantitative estimate of drug-likeness (QED) is 0.660. The van der Waals surface area contributed by atoms with Gasteiger partial charge in [0.2, 0.25) is 0 Å². The summed E-state index contributed by atoms with van der Waals surface area (Å²) in [5.74, 6) is 0.962. The van der Waals surface area contributed by atoms with Gasteiger partial charge in [0.25, 0.3) is 0 Å². The third-order valence-electron chi connectivity index (χ3n) is 3.54. The van der Waals surface area contributed by atoms with Crippen LogP contribution < -0.4 is 4.74 Å². The van der Waals surface area contributed by atoms with Crippen molar-refractivity contribution in [3.8, 4) is 16.9 Å². The average molecular weight is 268 g/mol. The van der Waals surface area contributed by atoms with Crippen LogP contribution in [-0.2, 0) is 0 Å². The van der Waals surface area contributed by atoms with E-state index in [4.69, 9.17) is 4.74 Å². The van der Waals surface area contributed by atoms with Crippen LogP contribution in [0.15, 0.2) is 48.5 Å². The lowest BCUT2D eigenvalue weighted by molar-refractivity contribution is 0.207. The van der Waals surface area contributed by atoms with Gasteiger partial charge in [-0.15, -0.1) is 0 Å². The van der Waals surface area contributed by atoms with Gasteiger partial charge in [0, 0.05) is 0 Å². The number of benzene rings is 2. The largest absolute Gasteiger partial charge is 0.491 e. The van der Waals surface area contributed by atoms with Gasteiger partial charge in [-0.2, -0.15) is 0 Å². The van der Waals surface area contributed by atoms with Crippen LogP contribution in [0.25, 0.3) is 11.1 Å². The summed E-state index contributed by atoms with van der Waals surface area (Å²) in [5.41, 5.74) is 3.78. The summed E-state index contributed by atoms with van der Waals surface area (Å²) < 4.78 is 5.93. The van der Waals surface area contributed by atoms with E-state index in [2.05, 4.69) is 69.3 Å². The molecule has 0 saturated carbocycles. The van der Waals surface area contributed by atoms with Gasteiger partial charge in [-0.05, 0) is 43.5 Å². The van der Waals surface area contributed by atoms with Crippen LogP contribution in [0.4, 0.5) is 0 Å². The molecule has 2 aromatic carbocycles. The second kappa shape index (κ2) is 7.14. The molecule has 0 fully saturated rings. The predicted octanol–water partition coefficient (Wildman–Crippen LogP) is 5.62. The second-order valence-corrected chi connectivity index (χ2v) is 5.46. The standard InChI is InChI=1S/C19H24O/c1-4-5-6-16(3)20-19-13-11-18(12-14-19)17-9-7-15(2)8-10-17/h7-14,16H,4-6H2,1-3H3. The SMILES string of the molecule is CCCCC(C)Oc1ccc(-c2ccc(C)cc2)cc1. The lowest BCUT2D eigenvalue weighted by atomic mass is 10.0. The molecule has 106 valence electrons. The van der Waals surface area contributed by atoms with Crippen LogP contribution in [0.1, 0.15) is 38.7 Å². The average Bonchev–Trinajstić information content (AvgIpc) is 2.47. The van der Waals surface area contributed by atoms with Gasteiger partial charge in [0.05, 0.1) is 6.10 Å². The van der Waals surface area contributed by atoms with Crippen molar-refractivity contribution in [2.75, 3.05) is 0 Å². The van der Waals surface area contributed by atoms with Crippen molar-refractivity contribution in [3.05, 3.63) is 54.1 Å². The number of hydrogen-bond acceptors (Lipinski definition) is 1. The fourth-order valence-electron chi connectivity index (χ4n) is 2.25. The molecule has 0 spiro atoms. The number of ether oxygens (including phenoxy) is 1. The van der Waals surface area contributed by atoms with E-state index < -0.39 is 0 Å². The fourth-order valence-corrected chi connectivity index (χ4v) is 2.25. The Hall–Kier alpha value is -1.76. The highest BCUT2D eigenvalue weighted by Gasteiger charge is 2.04. The van der Waals surface area contributed by atoms with E-state index >= 15 is 0 Å². The van der Waals surface area contributed by atoms with Gasteiger partial charge < -0.3 is 4.74 Å². The first-order valence-corrected chi connectivity index (χ1v) is 7.53. The molecule has 0 heterocycles. The molecule has 0 aliphatic rings. The number of rotatable bonds is 6. The smallest absolute Gasteiger partial charge is 0.119 e. The summed E-state index contributed by atoms with van der Waals surface area (Å²) in [6, 6.07) is 17.0. The first-order valence-electron chi connectivity index (χ1n) is 7.53. The zero-order valence-electron chi connectivity index (χ0n) is 12.7. The van der Waals surface area contributed by atoms with Gasteiger partial charge in [-0.1, -0.05) is 61.7 Å². The molecule has 0 aromatic heterocycles. The van der Waals surface area contributed by atoms with Crippen LogP contribution in [0.3, 0.4) is 0 Å². The van der Waals surface area contributed by atoms with Gasteiger partial charge in [-0.25, -0.2) is 0 Å². The van der Waals surface area contributed by atoms with Crippen molar-refractivity contribution in [1.82, 2.24) is 0 Å². The summed E-state index contributed by atoms with van der Waals surface area (Å²) in [5, 5.41) is 0. The van der Waals surface area contributed by atoms with E-state index in [1.165, 1.54) is 29.5 Å². The molecule has 0 aliphatic heterocycles. The van der Waals surface area contributed by atoms with Crippen molar-refractivity contribution in [2.45, 2.75) is 46.1 Å². The topological polar surface area (TPSA) is 9.23 Å². The van der Waals surface area contributed by atoms with Gasteiger partial charge in [-0.3, -0.25) is 0 Å². The summed E-state index contributed by atoms with van der Waals surface area (Å²) >= 11 is 0. The Morgan fingerprint density at radius 1 is 0.900 bits per heavy atom. The molecule has 0 N–H and O–H groups in total. The third-order valence-corrected chi connectivity index (χ3v) is 3.54. The van der Waals surface area contributed by atoms with Crippen molar-refractivity contribution in [2.24, 2.45) is 0 Å². The normalized spacial score (nSPS) is 12.2. The molecule has 1 atom stereocenters. The van der Waals surface area contributed by atoms with Gasteiger partial charge >= 0.3 is 0 Å². The molecule has 2 rings (SSSR count). The van der Waals surface area contributed by atoms with E-state index in [0.717, 1.165) is 12.2 Å². The van der Waals surface area contributed by atoms with Crippen LogP contribution in [0.5, 0.6) is 5.75 Å². The highest BCUT2D eigenvalue weighted by atomic mass is 16.5. The number of hydrogen-bond donors (Lipinski definition) is 0. The molecule has 0 radical (unpaired) electrons. The van der Waals surface area contributed by atoms with Gasteiger partial charge in [0.1, 0.15) is 5.75 Å². The predicted molar refractivity (Wildman–Crippen MR) is 86.2 cm³/mol. The Labute approximate surface area is 122 Å². The maximum Gasteiger partial charge on any atom is 0.119 e. The molecule has 0 aliphatic carbocycles. The maximum atomic E-state index is 5.93. The molecular weight excluding hydrogens is 244 g/mol. The molecular formula is C19H24O. The Kier molecular flexibility index (Phi) is 5.23. The summed E-state index contributed by atoms with van der Waals surface area (Å²) in [6.07, 6.45) is 3.86. The highest BCUT2D eigenvalue weighted by Crippen LogP contribution is 2.23. The third kappa shape index (κ3) is 4.12. The Morgan fingerprint density at radius 2 is 1.45 bits per heavy atom. The first-order chi connectivity index (χ1) is 9.69. The zero-order chi connectivity index (χ0) is 14.4. The van der Waals surface area contributed by atoms with Crippen LogP contribution >= 0.6 is 0 Å². The van der Waals surface area contributed by atoms with Crippen molar-refractivity contribution in [1.29, 1.82) is 0 Å². The minimum absolute atomic E-state index is 0.292. The minimum Gasteiger partial charge on any atom is -0.491 e. The summed E-state index contributed by atoms with van der Waals surface area (Å²) in [4.78, 5) is 0. The van der Waals surface area contributed by atoms with Crippen LogP contribution in [-0.4, -0.2) is 6.10 Å². The second-order valence-electron chi connectivity index (χ2n) is 5.46. The van der Waals surface area contributed by atoms with E-state index in [1.54, 1.807) is 0 Å². The summed E-state index contributed by atoms with van der Waals surface area (Å²) in [6.45, 7) is 6.46. The van der Waals surface area contributed by atoms with Crippen LogP contribution in [0, 0.1) is 6.92 Å². The Balaban J connectivity index is 2.01. The summed E-state index contributed by atoms with van der Waals surface area (Å²) in [7, 11) is 0. The Morgan fingerprint density at radius 3 is 2.00 bits per heavy atom. The van der Waals surface area contributed by atoms with Crippen molar-refractivity contribution >= 4 is 0 Å². The molecule has 20 heavy (non-hydrogen) atoms. The monoisotopic (exact) mass is 268 g/mol. The Bertz CT molecular complexity index is 510. The highest BCUT2D eigenvalue weighted by molar-refractivity contribution is 5.64. The fraction of sp³-hybridized carbons (Fsp3) is 0.368. The van der Waals surface area contributed by atoms with E-state index in [9.17, 15) is 0 Å². The van der Waals surface area contributed by atoms with Crippen LogP contribution in [0.2, 0.25) is 0 Å². The van der Waals surface area contributed by atoms with E-state index in [0.29, 0.717) is 6.10 Å². The van der Waals surface area contributed by atoms with E-state index in [-0.39, 0.29) is 0 Å². The molecule has 0 bridgehead atoms. The molecule has 1 heteroatoms. The molecule has 1 nitrogen and oxygen atoms in total. The van der Waals surface area contributed by atoms with Gasteiger partial charge in [0.15, 0.2) is 0 Å². The molecule has 0 saturated heterocycles.